The van der Waals surface area contributed by atoms with Crippen LogP contribution in [0.3, 0.4) is 0 Å². The van der Waals surface area contributed by atoms with Gasteiger partial charge in [-0.25, -0.2) is 0 Å². The van der Waals surface area contributed by atoms with Crippen molar-refractivity contribution >= 4 is 23.6 Å². The lowest BCUT2D eigenvalue weighted by atomic mass is 10.1. The minimum absolute atomic E-state index is 0.0927. The average Bonchev–Trinajstić information content (AvgIpc) is 2.62. The number of aryl methyl sites for hydroxylation is 3. The molecule has 26 heavy (non-hydrogen) atoms. The summed E-state index contributed by atoms with van der Waals surface area (Å²) in [4.78, 5) is 24.5. The van der Waals surface area contributed by atoms with Crippen molar-refractivity contribution in [2.45, 2.75) is 20.8 Å². The molecule has 0 spiro atoms. The molecule has 0 bridgehead atoms. The Morgan fingerprint density at radius 1 is 1.08 bits per heavy atom. The fourth-order valence-corrected chi connectivity index (χ4v) is 3.08. The first-order valence-corrected chi connectivity index (χ1v) is 8.52. The molecule has 5 nitrogen and oxygen atoms in total. The quantitative estimate of drug-likeness (QED) is 0.890. The van der Waals surface area contributed by atoms with E-state index in [-0.39, 0.29) is 25.0 Å². The Hall–Kier alpha value is -3.08. The molecule has 2 aromatic carbocycles. The minimum atomic E-state index is -0.299. The summed E-state index contributed by atoms with van der Waals surface area (Å²) in [5.41, 5.74) is 5.31. The molecule has 0 aliphatic carbocycles. The summed E-state index contributed by atoms with van der Waals surface area (Å²) >= 11 is 0. The average molecular weight is 350 g/mol. The number of para-hydroxylation sites is 1. The molecule has 2 amide bonds. The summed E-state index contributed by atoms with van der Waals surface area (Å²) in [6, 6.07) is 11.6. The van der Waals surface area contributed by atoms with E-state index in [1.807, 2.05) is 57.2 Å². The van der Waals surface area contributed by atoms with Gasteiger partial charge >= 0.3 is 0 Å². The van der Waals surface area contributed by atoms with Crippen molar-refractivity contribution in [1.82, 2.24) is 5.32 Å². The van der Waals surface area contributed by atoms with E-state index in [1.54, 1.807) is 6.08 Å². The number of carbonyl (C=O) groups excluding carboxylic acids is 2. The topological polar surface area (TPSA) is 67.4 Å². The lowest BCUT2D eigenvalue weighted by Crippen LogP contribution is -2.35. The Bertz CT molecular complexity index is 877. The minimum Gasteiger partial charge on any atom is -0.488 e. The van der Waals surface area contributed by atoms with Gasteiger partial charge in [0.25, 0.3) is 5.91 Å². The maximum atomic E-state index is 12.3. The van der Waals surface area contributed by atoms with Crippen LogP contribution in [0.2, 0.25) is 0 Å². The Balaban J connectivity index is 1.60. The van der Waals surface area contributed by atoms with E-state index >= 15 is 0 Å². The second-order valence-electron chi connectivity index (χ2n) is 6.50. The van der Waals surface area contributed by atoms with Crippen LogP contribution in [0.1, 0.15) is 22.3 Å². The molecule has 134 valence electrons. The molecular formula is C21H22N2O3. The molecule has 0 aromatic heterocycles. The molecule has 0 saturated heterocycles. The second kappa shape index (κ2) is 7.44. The molecule has 0 fully saturated rings. The number of anilines is 1. The fraction of sp³-hybridized carbons (Fsp3) is 0.238. The zero-order chi connectivity index (χ0) is 18.7. The summed E-state index contributed by atoms with van der Waals surface area (Å²) in [5, 5.41) is 5.53. The van der Waals surface area contributed by atoms with Gasteiger partial charge in [-0.1, -0.05) is 35.9 Å². The van der Waals surface area contributed by atoms with Crippen LogP contribution in [0.4, 0.5) is 5.69 Å². The molecule has 0 saturated carbocycles. The molecule has 2 N–H and O–H groups in total. The normalized spacial score (nSPS) is 12.5. The Labute approximate surface area is 153 Å². The molecule has 5 heteroatoms. The third kappa shape index (κ3) is 3.94. The van der Waals surface area contributed by atoms with Crippen LogP contribution in [0, 0.1) is 20.8 Å². The lowest BCUT2D eigenvalue weighted by Gasteiger charge is -2.17. The van der Waals surface area contributed by atoms with Crippen LogP contribution >= 0.6 is 0 Å². The number of rotatable bonds is 4. The number of hydrogen-bond donors (Lipinski definition) is 2. The van der Waals surface area contributed by atoms with Gasteiger partial charge in [0.05, 0.1) is 12.1 Å². The van der Waals surface area contributed by atoms with Crippen molar-refractivity contribution in [3.05, 3.63) is 64.2 Å². The van der Waals surface area contributed by atoms with E-state index < -0.39 is 0 Å². The van der Waals surface area contributed by atoms with Gasteiger partial charge in [0.15, 0.2) is 0 Å². The van der Waals surface area contributed by atoms with Crippen molar-refractivity contribution in [1.29, 1.82) is 0 Å². The molecule has 0 unspecified atom stereocenters. The highest BCUT2D eigenvalue weighted by molar-refractivity contribution is 6.02. The lowest BCUT2D eigenvalue weighted by molar-refractivity contribution is -0.121. The van der Waals surface area contributed by atoms with Gasteiger partial charge in [-0.05, 0) is 44.0 Å². The number of benzene rings is 2. The molecule has 1 heterocycles. The van der Waals surface area contributed by atoms with Gasteiger partial charge in [-0.15, -0.1) is 0 Å². The van der Waals surface area contributed by atoms with Crippen LogP contribution in [-0.4, -0.2) is 25.0 Å². The summed E-state index contributed by atoms with van der Waals surface area (Å²) in [5.74, 6) is 0.199. The first kappa shape index (κ1) is 17.7. The Kier molecular flexibility index (Phi) is 5.07. The standard InChI is InChI=1S/C21H22N2O3/c1-13-8-14(2)20(15(3)9-13)23-19(24)11-22-21(25)17-10-16-6-4-5-7-18(16)26-12-17/h4-10H,11-12H2,1-3H3,(H,22,25)(H,23,24). The maximum Gasteiger partial charge on any atom is 0.251 e. The summed E-state index contributed by atoms with van der Waals surface area (Å²) in [6.07, 6.45) is 1.79. The Morgan fingerprint density at radius 2 is 1.77 bits per heavy atom. The highest BCUT2D eigenvalue weighted by Crippen LogP contribution is 2.25. The van der Waals surface area contributed by atoms with Gasteiger partial charge in [0.1, 0.15) is 12.4 Å². The molecule has 1 aliphatic rings. The highest BCUT2D eigenvalue weighted by Gasteiger charge is 2.17. The molecule has 1 aliphatic heterocycles. The SMILES string of the molecule is Cc1cc(C)c(NC(=O)CNC(=O)C2=Cc3ccccc3OC2)c(C)c1. The van der Waals surface area contributed by atoms with Crippen molar-refractivity contribution in [2.24, 2.45) is 0 Å². The predicted octanol–water partition coefficient (Wildman–Crippen LogP) is 3.14. The molecular weight excluding hydrogens is 328 g/mol. The summed E-state index contributed by atoms with van der Waals surface area (Å²) in [7, 11) is 0. The monoisotopic (exact) mass is 350 g/mol. The molecule has 0 radical (unpaired) electrons. The highest BCUT2D eigenvalue weighted by atomic mass is 16.5. The fourth-order valence-electron chi connectivity index (χ4n) is 3.08. The summed E-state index contributed by atoms with van der Waals surface area (Å²) in [6.45, 7) is 6.03. The number of ether oxygens (including phenoxy) is 1. The molecule has 0 atom stereocenters. The van der Waals surface area contributed by atoms with Gasteiger partial charge in [-0.2, -0.15) is 0 Å². The van der Waals surface area contributed by atoms with Crippen molar-refractivity contribution in [3.63, 3.8) is 0 Å². The first-order valence-electron chi connectivity index (χ1n) is 8.52. The van der Waals surface area contributed by atoms with E-state index in [9.17, 15) is 9.59 Å². The molecule has 2 aromatic rings. The van der Waals surface area contributed by atoms with E-state index in [1.165, 1.54) is 0 Å². The zero-order valence-electron chi connectivity index (χ0n) is 15.2. The number of hydrogen-bond acceptors (Lipinski definition) is 3. The molecule has 3 rings (SSSR count). The van der Waals surface area contributed by atoms with E-state index in [0.717, 1.165) is 33.7 Å². The largest absolute Gasteiger partial charge is 0.488 e. The third-order valence-corrected chi connectivity index (χ3v) is 4.27. The van der Waals surface area contributed by atoms with Gasteiger partial charge in [0, 0.05) is 11.3 Å². The van der Waals surface area contributed by atoms with Crippen LogP contribution < -0.4 is 15.4 Å². The third-order valence-electron chi connectivity index (χ3n) is 4.27. The predicted molar refractivity (Wildman–Crippen MR) is 102 cm³/mol. The number of nitrogens with one attached hydrogen (secondary N) is 2. The van der Waals surface area contributed by atoms with Crippen LogP contribution in [0.5, 0.6) is 5.75 Å². The smallest absolute Gasteiger partial charge is 0.251 e. The van der Waals surface area contributed by atoms with Gasteiger partial charge in [-0.3, -0.25) is 9.59 Å². The number of carbonyl (C=O) groups is 2. The van der Waals surface area contributed by atoms with Gasteiger partial charge < -0.3 is 15.4 Å². The van der Waals surface area contributed by atoms with Crippen LogP contribution in [0.25, 0.3) is 6.08 Å². The maximum absolute atomic E-state index is 12.3. The van der Waals surface area contributed by atoms with Crippen LogP contribution in [-0.2, 0) is 9.59 Å². The first-order chi connectivity index (χ1) is 12.4. The number of fused-ring (bicyclic) bond motifs is 1. The second-order valence-corrected chi connectivity index (χ2v) is 6.50. The van der Waals surface area contributed by atoms with E-state index in [0.29, 0.717) is 5.57 Å². The van der Waals surface area contributed by atoms with Gasteiger partial charge in [0.2, 0.25) is 5.91 Å². The van der Waals surface area contributed by atoms with Crippen LogP contribution in [0.15, 0.2) is 42.0 Å². The van der Waals surface area contributed by atoms with E-state index in [4.69, 9.17) is 4.74 Å². The summed E-state index contributed by atoms with van der Waals surface area (Å²) < 4.78 is 5.57. The zero-order valence-corrected chi connectivity index (χ0v) is 15.2. The van der Waals surface area contributed by atoms with Crippen molar-refractivity contribution in [3.8, 4) is 5.75 Å². The van der Waals surface area contributed by atoms with E-state index in [2.05, 4.69) is 10.6 Å². The van der Waals surface area contributed by atoms with Crippen molar-refractivity contribution in [2.75, 3.05) is 18.5 Å². The Morgan fingerprint density at radius 3 is 2.50 bits per heavy atom. The number of amides is 2. The van der Waals surface area contributed by atoms with Crippen molar-refractivity contribution < 1.29 is 14.3 Å².